The molecular weight excluding hydrogens is 266 g/mol. The topological polar surface area (TPSA) is 29.3 Å². The Labute approximate surface area is 123 Å². The van der Waals surface area contributed by atoms with Gasteiger partial charge >= 0.3 is 0 Å². The Kier molecular flexibility index (Phi) is 3.26. The van der Waals surface area contributed by atoms with Crippen molar-refractivity contribution in [1.82, 2.24) is 9.38 Å². The molecule has 0 amide bonds. The second-order valence-corrected chi connectivity index (χ2v) is 6.45. The fraction of sp³-hybridized carbons (Fsp3) is 0.312. The van der Waals surface area contributed by atoms with E-state index in [2.05, 4.69) is 66.8 Å². The molecule has 0 atom stereocenters. The highest BCUT2D eigenvalue weighted by molar-refractivity contribution is 7.17. The van der Waals surface area contributed by atoms with Crippen LogP contribution in [0.4, 0.5) is 5.69 Å². The van der Waals surface area contributed by atoms with Gasteiger partial charge in [0.15, 0.2) is 4.96 Å². The molecule has 0 saturated heterocycles. The molecule has 0 saturated carbocycles. The minimum Gasteiger partial charge on any atom is -0.379 e. The molecule has 0 aliphatic heterocycles. The molecule has 0 aliphatic carbocycles. The zero-order chi connectivity index (χ0) is 14.3. The Bertz CT molecular complexity index is 767. The first-order chi connectivity index (χ1) is 9.56. The van der Waals surface area contributed by atoms with Crippen molar-refractivity contribution in [2.45, 2.75) is 34.2 Å². The second-order valence-electron chi connectivity index (χ2n) is 5.24. The van der Waals surface area contributed by atoms with Crippen LogP contribution >= 0.6 is 11.3 Å². The number of benzene rings is 1. The van der Waals surface area contributed by atoms with Crippen LogP contribution in [0.15, 0.2) is 24.4 Å². The predicted octanol–water partition coefficient (Wildman–Crippen LogP) is 4.24. The normalized spacial score (nSPS) is 11.2. The van der Waals surface area contributed by atoms with Crippen molar-refractivity contribution in [2.75, 3.05) is 5.32 Å². The first kappa shape index (κ1) is 13.2. The van der Waals surface area contributed by atoms with Crippen molar-refractivity contribution in [1.29, 1.82) is 0 Å². The Hall–Kier alpha value is -1.81. The lowest BCUT2D eigenvalue weighted by Gasteiger charge is -2.11. The molecule has 3 nitrogen and oxygen atoms in total. The Morgan fingerprint density at radius 3 is 2.80 bits per heavy atom. The zero-order valence-electron chi connectivity index (χ0n) is 12.3. The van der Waals surface area contributed by atoms with Crippen LogP contribution in [0.3, 0.4) is 0 Å². The standard InChI is InChI=1S/C16H19N3S/c1-10-6-5-7-14(12(10)3)17-8-15-13(4)18-16-19(15)9-11(2)20-16/h5-7,9,17H,8H2,1-4H3. The lowest BCUT2D eigenvalue weighted by atomic mass is 10.1. The molecule has 0 aliphatic rings. The van der Waals surface area contributed by atoms with Gasteiger partial charge in [-0.2, -0.15) is 0 Å². The van der Waals surface area contributed by atoms with Gasteiger partial charge < -0.3 is 5.32 Å². The van der Waals surface area contributed by atoms with Gasteiger partial charge in [0.1, 0.15) is 0 Å². The molecule has 1 aromatic carbocycles. The maximum atomic E-state index is 4.63. The van der Waals surface area contributed by atoms with E-state index in [0.717, 1.165) is 17.2 Å². The molecule has 3 aromatic rings. The van der Waals surface area contributed by atoms with Crippen LogP contribution < -0.4 is 5.32 Å². The number of fused-ring (bicyclic) bond motifs is 1. The molecule has 4 heteroatoms. The molecule has 0 fully saturated rings. The first-order valence-corrected chi connectivity index (χ1v) is 7.62. The van der Waals surface area contributed by atoms with Crippen LogP contribution in [0.1, 0.15) is 27.4 Å². The van der Waals surface area contributed by atoms with Gasteiger partial charge in [0.25, 0.3) is 0 Å². The Morgan fingerprint density at radius 1 is 1.20 bits per heavy atom. The monoisotopic (exact) mass is 285 g/mol. The van der Waals surface area contributed by atoms with E-state index in [0.29, 0.717) is 0 Å². The third-order valence-corrected chi connectivity index (χ3v) is 4.69. The molecule has 0 radical (unpaired) electrons. The highest BCUT2D eigenvalue weighted by Gasteiger charge is 2.11. The summed E-state index contributed by atoms with van der Waals surface area (Å²) >= 11 is 1.74. The van der Waals surface area contributed by atoms with Gasteiger partial charge in [0.05, 0.1) is 17.9 Å². The first-order valence-electron chi connectivity index (χ1n) is 6.80. The van der Waals surface area contributed by atoms with Crippen molar-refractivity contribution in [2.24, 2.45) is 0 Å². The SMILES string of the molecule is Cc1cn2c(CNc3cccc(C)c3C)c(C)nc2s1. The van der Waals surface area contributed by atoms with Crippen LogP contribution in [0.5, 0.6) is 0 Å². The predicted molar refractivity (Wildman–Crippen MR) is 85.8 cm³/mol. The van der Waals surface area contributed by atoms with Crippen LogP contribution in [-0.4, -0.2) is 9.38 Å². The summed E-state index contributed by atoms with van der Waals surface area (Å²) in [5.74, 6) is 0. The molecule has 104 valence electrons. The highest BCUT2D eigenvalue weighted by atomic mass is 32.1. The van der Waals surface area contributed by atoms with E-state index in [4.69, 9.17) is 0 Å². The van der Waals surface area contributed by atoms with Crippen molar-refractivity contribution in [3.05, 3.63) is 51.8 Å². The summed E-state index contributed by atoms with van der Waals surface area (Å²) in [4.78, 5) is 7.00. The molecule has 0 spiro atoms. The quantitative estimate of drug-likeness (QED) is 0.780. The number of thiazole rings is 1. The molecule has 1 N–H and O–H groups in total. The smallest absolute Gasteiger partial charge is 0.194 e. The van der Waals surface area contributed by atoms with Gasteiger partial charge in [0, 0.05) is 16.8 Å². The van der Waals surface area contributed by atoms with E-state index in [1.54, 1.807) is 11.3 Å². The number of nitrogens with one attached hydrogen (secondary N) is 1. The molecule has 2 aromatic heterocycles. The third kappa shape index (κ3) is 2.20. The number of rotatable bonds is 3. The lowest BCUT2D eigenvalue weighted by molar-refractivity contribution is 0.988. The van der Waals surface area contributed by atoms with E-state index in [-0.39, 0.29) is 0 Å². The highest BCUT2D eigenvalue weighted by Crippen LogP contribution is 2.23. The maximum absolute atomic E-state index is 4.63. The Morgan fingerprint density at radius 2 is 2.00 bits per heavy atom. The molecule has 2 heterocycles. The van der Waals surface area contributed by atoms with Gasteiger partial charge in [-0.3, -0.25) is 4.40 Å². The second kappa shape index (κ2) is 4.94. The summed E-state index contributed by atoms with van der Waals surface area (Å²) < 4.78 is 2.20. The number of hydrogen-bond donors (Lipinski definition) is 1. The van der Waals surface area contributed by atoms with E-state index in [1.165, 1.54) is 27.4 Å². The average Bonchev–Trinajstić information content (AvgIpc) is 2.87. The number of nitrogens with zero attached hydrogens (tertiary/aromatic N) is 2. The summed E-state index contributed by atoms with van der Waals surface area (Å²) in [5.41, 5.74) is 6.18. The van der Waals surface area contributed by atoms with Gasteiger partial charge in [-0.25, -0.2) is 4.98 Å². The van der Waals surface area contributed by atoms with Crippen molar-refractivity contribution < 1.29 is 0 Å². The summed E-state index contributed by atoms with van der Waals surface area (Å²) in [5, 5.41) is 3.54. The molecule has 0 unspecified atom stereocenters. The fourth-order valence-electron chi connectivity index (χ4n) is 2.44. The number of aryl methyl sites for hydroxylation is 3. The van der Waals surface area contributed by atoms with Crippen LogP contribution in [0, 0.1) is 27.7 Å². The summed E-state index contributed by atoms with van der Waals surface area (Å²) in [6.07, 6.45) is 2.17. The molecule has 20 heavy (non-hydrogen) atoms. The van der Waals surface area contributed by atoms with Gasteiger partial charge in [-0.15, -0.1) is 11.3 Å². The van der Waals surface area contributed by atoms with Gasteiger partial charge in [-0.1, -0.05) is 12.1 Å². The number of hydrogen-bond acceptors (Lipinski definition) is 3. The van der Waals surface area contributed by atoms with Crippen LogP contribution in [-0.2, 0) is 6.54 Å². The average molecular weight is 285 g/mol. The zero-order valence-corrected chi connectivity index (χ0v) is 13.1. The largest absolute Gasteiger partial charge is 0.379 e. The molecule has 0 bridgehead atoms. The lowest BCUT2D eigenvalue weighted by Crippen LogP contribution is -2.05. The third-order valence-electron chi connectivity index (χ3n) is 3.79. The molecule has 3 rings (SSSR count). The number of imidazole rings is 1. The van der Waals surface area contributed by atoms with Crippen molar-refractivity contribution in [3.63, 3.8) is 0 Å². The summed E-state index contributed by atoms with van der Waals surface area (Å²) in [6.45, 7) is 9.30. The van der Waals surface area contributed by atoms with E-state index in [9.17, 15) is 0 Å². The van der Waals surface area contributed by atoms with E-state index in [1.807, 2.05) is 0 Å². The minimum atomic E-state index is 0.799. The summed E-state index contributed by atoms with van der Waals surface area (Å²) in [6, 6.07) is 6.37. The van der Waals surface area contributed by atoms with Crippen molar-refractivity contribution in [3.8, 4) is 0 Å². The van der Waals surface area contributed by atoms with Crippen molar-refractivity contribution >= 4 is 22.0 Å². The number of aromatic nitrogens is 2. The van der Waals surface area contributed by atoms with E-state index < -0.39 is 0 Å². The van der Waals surface area contributed by atoms with Gasteiger partial charge in [0.2, 0.25) is 0 Å². The Balaban J connectivity index is 1.90. The van der Waals surface area contributed by atoms with Gasteiger partial charge in [-0.05, 0) is 44.9 Å². The molecular formula is C16H19N3S. The summed E-state index contributed by atoms with van der Waals surface area (Å²) in [7, 11) is 0. The minimum absolute atomic E-state index is 0.799. The van der Waals surface area contributed by atoms with Crippen LogP contribution in [0.25, 0.3) is 4.96 Å². The van der Waals surface area contributed by atoms with Crippen LogP contribution in [0.2, 0.25) is 0 Å². The van der Waals surface area contributed by atoms with E-state index >= 15 is 0 Å². The number of anilines is 1. The maximum Gasteiger partial charge on any atom is 0.194 e. The fourth-order valence-corrected chi connectivity index (χ4v) is 3.33.